The number of ether oxygens (including phenoxy) is 1. The first-order chi connectivity index (χ1) is 14.9. The number of anilines is 2. The topological polar surface area (TPSA) is 58.6 Å². The minimum atomic E-state index is -0.379. The van der Waals surface area contributed by atoms with Crippen LogP contribution in [0, 0.1) is 26.7 Å². The third-order valence-corrected chi connectivity index (χ3v) is 5.81. The lowest BCUT2D eigenvalue weighted by Crippen LogP contribution is -2.28. The van der Waals surface area contributed by atoms with Crippen LogP contribution in [-0.4, -0.2) is 18.4 Å². The Morgan fingerprint density at radius 1 is 0.935 bits per heavy atom. The summed E-state index contributed by atoms with van der Waals surface area (Å²) in [7, 11) is 0. The molecule has 5 nitrogen and oxygen atoms in total. The molecule has 5 heteroatoms. The number of para-hydroxylation sites is 1. The van der Waals surface area contributed by atoms with Crippen LogP contribution >= 0.6 is 0 Å². The van der Waals surface area contributed by atoms with Gasteiger partial charge < -0.3 is 15.0 Å². The van der Waals surface area contributed by atoms with Crippen molar-refractivity contribution in [2.45, 2.75) is 27.2 Å². The normalized spacial score (nSPS) is 15.8. The number of rotatable bonds is 5. The number of carbonyl (C=O) groups is 2. The highest BCUT2D eigenvalue weighted by atomic mass is 16.5. The van der Waals surface area contributed by atoms with Crippen molar-refractivity contribution in [1.82, 2.24) is 0 Å². The Balaban J connectivity index is 1.40. The third-order valence-electron chi connectivity index (χ3n) is 5.81. The molecule has 0 unspecified atom stereocenters. The van der Waals surface area contributed by atoms with Gasteiger partial charge in [-0.1, -0.05) is 30.3 Å². The number of amides is 2. The Bertz CT molecular complexity index is 1120. The summed E-state index contributed by atoms with van der Waals surface area (Å²) in [5, 5.41) is 2.93. The Kier molecular flexibility index (Phi) is 5.76. The molecule has 0 spiro atoms. The molecule has 0 saturated carbocycles. The zero-order valence-electron chi connectivity index (χ0n) is 18.0. The molecule has 1 fully saturated rings. The summed E-state index contributed by atoms with van der Waals surface area (Å²) >= 11 is 0. The third kappa shape index (κ3) is 4.45. The Hall–Kier alpha value is -3.60. The first-order valence-corrected chi connectivity index (χ1v) is 10.4. The highest BCUT2D eigenvalue weighted by Gasteiger charge is 2.35. The smallest absolute Gasteiger partial charge is 0.229 e. The van der Waals surface area contributed by atoms with Gasteiger partial charge in [0.1, 0.15) is 11.5 Å². The number of carbonyl (C=O) groups excluding carboxylic acids is 2. The van der Waals surface area contributed by atoms with Crippen LogP contribution in [0.2, 0.25) is 0 Å². The van der Waals surface area contributed by atoms with Gasteiger partial charge in [-0.3, -0.25) is 9.59 Å². The summed E-state index contributed by atoms with van der Waals surface area (Å²) in [6, 6.07) is 21.0. The fourth-order valence-corrected chi connectivity index (χ4v) is 3.79. The molecule has 1 aliphatic heterocycles. The molecular formula is C26H26N2O3. The van der Waals surface area contributed by atoms with Gasteiger partial charge in [-0.25, -0.2) is 0 Å². The van der Waals surface area contributed by atoms with E-state index in [0.717, 1.165) is 28.1 Å². The van der Waals surface area contributed by atoms with E-state index < -0.39 is 0 Å². The maximum atomic E-state index is 12.8. The Morgan fingerprint density at radius 2 is 1.65 bits per heavy atom. The fourth-order valence-electron chi connectivity index (χ4n) is 3.79. The van der Waals surface area contributed by atoms with Gasteiger partial charge in [0, 0.05) is 24.3 Å². The van der Waals surface area contributed by atoms with Crippen molar-refractivity contribution in [3.05, 3.63) is 83.4 Å². The largest absolute Gasteiger partial charge is 0.457 e. The highest BCUT2D eigenvalue weighted by molar-refractivity contribution is 6.03. The van der Waals surface area contributed by atoms with Crippen molar-refractivity contribution in [3.63, 3.8) is 0 Å². The molecule has 31 heavy (non-hydrogen) atoms. The molecule has 0 bridgehead atoms. The molecule has 2 amide bonds. The highest BCUT2D eigenvalue weighted by Crippen LogP contribution is 2.30. The van der Waals surface area contributed by atoms with Gasteiger partial charge in [0.05, 0.1) is 5.92 Å². The maximum Gasteiger partial charge on any atom is 0.229 e. The quantitative estimate of drug-likeness (QED) is 0.608. The monoisotopic (exact) mass is 414 g/mol. The van der Waals surface area contributed by atoms with Gasteiger partial charge in [0.15, 0.2) is 0 Å². The average molecular weight is 415 g/mol. The zero-order valence-corrected chi connectivity index (χ0v) is 18.0. The lowest BCUT2D eigenvalue weighted by Gasteiger charge is -2.20. The van der Waals surface area contributed by atoms with Crippen LogP contribution in [-0.2, 0) is 9.59 Å². The van der Waals surface area contributed by atoms with Crippen LogP contribution in [0.25, 0.3) is 0 Å². The van der Waals surface area contributed by atoms with E-state index in [4.69, 9.17) is 4.74 Å². The van der Waals surface area contributed by atoms with Crippen LogP contribution in [0.4, 0.5) is 11.4 Å². The maximum absolute atomic E-state index is 12.8. The molecule has 3 aromatic rings. The summed E-state index contributed by atoms with van der Waals surface area (Å²) in [5.74, 6) is 0.958. The van der Waals surface area contributed by atoms with E-state index in [1.807, 2.05) is 87.5 Å². The first kappa shape index (κ1) is 20.7. The molecule has 0 aromatic heterocycles. The number of hydrogen-bond donors (Lipinski definition) is 1. The van der Waals surface area contributed by atoms with Gasteiger partial charge >= 0.3 is 0 Å². The predicted molar refractivity (Wildman–Crippen MR) is 123 cm³/mol. The van der Waals surface area contributed by atoms with Crippen molar-refractivity contribution >= 4 is 23.2 Å². The summed E-state index contributed by atoms with van der Waals surface area (Å²) in [4.78, 5) is 27.1. The second kappa shape index (κ2) is 8.64. The van der Waals surface area contributed by atoms with E-state index in [1.54, 1.807) is 4.90 Å². The molecule has 1 N–H and O–H groups in total. The number of benzene rings is 3. The minimum Gasteiger partial charge on any atom is -0.457 e. The van der Waals surface area contributed by atoms with E-state index in [2.05, 4.69) is 5.32 Å². The number of aryl methyl sites for hydroxylation is 2. The van der Waals surface area contributed by atoms with Crippen molar-refractivity contribution in [2.75, 3.05) is 16.8 Å². The van der Waals surface area contributed by atoms with Crippen LogP contribution in [0.15, 0.2) is 66.7 Å². The van der Waals surface area contributed by atoms with Gasteiger partial charge in [-0.05, 0) is 73.9 Å². The van der Waals surface area contributed by atoms with Gasteiger partial charge in [-0.2, -0.15) is 0 Å². The zero-order chi connectivity index (χ0) is 22.0. The molecule has 1 atom stereocenters. The van der Waals surface area contributed by atoms with Crippen LogP contribution in [0.3, 0.4) is 0 Å². The number of nitrogens with one attached hydrogen (secondary N) is 1. The summed E-state index contributed by atoms with van der Waals surface area (Å²) in [6.45, 7) is 6.42. The van der Waals surface area contributed by atoms with Crippen molar-refractivity contribution < 1.29 is 14.3 Å². The van der Waals surface area contributed by atoms with Gasteiger partial charge in [-0.15, -0.1) is 0 Å². The summed E-state index contributed by atoms with van der Waals surface area (Å²) in [6.07, 6.45) is 0.216. The number of hydrogen-bond acceptors (Lipinski definition) is 3. The molecule has 0 aliphatic carbocycles. The van der Waals surface area contributed by atoms with E-state index in [9.17, 15) is 9.59 Å². The standard InChI is InChI=1S/C26H26N2O3/c1-17-8-6-9-23(19(17)3)28-16-20(15-25(28)29)26(30)27-21-11-13-22(14-12-21)31-24-10-5-4-7-18(24)2/h4-14,20H,15-16H2,1-3H3,(H,27,30)/t20-/m1/s1. The van der Waals surface area contributed by atoms with Crippen molar-refractivity contribution in [2.24, 2.45) is 5.92 Å². The number of nitrogens with zero attached hydrogens (tertiary/aromatic N) is 1. The van der Waals surface area contributed by atoms with Crippen LogP contribution < -0.4 is 15.0 Å². The Morgan fingerprint density at radius 3 is 2.39 bits per heavy atom. The van der Waals surface area contributed by atoms with Crippen molar-refractivity contribution in [1.29, 1.82) is 0 Å². The van der Waals surface area contributed by atoms with E-state index in [-0.39, 0.29) is 24.2 Å². The molecule has 1 aliphatic rings. The lowest BCUT2D eigenvalue weighted by atomic mass is 10.1. The van der Waals surface area contributed by atoms with Gasteiger partial charge in [0.25, 0.3) is 0 Å². The average Bonchev–Trinajstić information content (AvgIpc) is 3.15. The van der Waals surface area contributed by atoms with E-state index in [0.29, 0.717) is 18.0 Å². The van der Waals surface area contributed by atoms with Crippen LogP contribution in [0.1, 0.15) is 23.1 Å². The lowest BCUT2D eigenvalue weighted by molar-refractivity contribution is -0.122. The molecule has 1 heterocycles. The SMILES string of the molecule is Cc1ccccc1Oc1ccc(NC(=O)[C@@H]2CC(=O)N(c3cccc(C)c3C)C2)cc1. The minimum absolute atomic E-state index is 0.0178. The molecular weight excluding hydrogens is 388 g/mol. The molecule has 0 radical (unpaired) electrons. The van der Waals surface area contributed by atoms with E-state index in [1.165, 1.54) is 0 Å². The molecule has 158 valence electrons. The van der Waals surface area contributed by atoms with Crippen molar-refractivity contribution in [3.8, 4) is 11.5 Å². The van der Waals surface area contributed by atoms with E-state index >= 15 is 0 Å². The molecule has 1 saturated heterocycles. The molecule has 3 aromatic carbocycles. The second-order valence-corrected chi connectivity index (χ2v) is 8.01. The Labute approximate surface area is 182 Å². The molecule has 4 rings (SSSR count). The second-order valence-electron chi connectivity index (χ2n) is 8.01. The van der Waals surface area contributed by atoms with Crippen LogP contribution in [0.5, 0.6) is 11.5 Å². The van der Waals surface area contributed by atoms with Gasteiger partial charge in [0.2, 0.25) is 11.8 Å². The fraction of sp³-hybridized carbons (Fsp3) is 0.231. The predicted octanol–water partition coefficient (Wildman–Crippen LogP) is 5.40. The summed E-state index contributed by atoms with van der Waals surface area (Å²) < 4.78 is 5.90. The summed E-state index contributed by atoms with van der Waals surface area (Å²) in [5.41, 5.74) is 4.82. The first-order valence-electron chi connectivity index (χ1n) is 10.4.